The largest absolute Gasteiger partial charge is 0.351 e. The maximum absolute atomic E-state index is 13.2. The molecule has 1 rings (SSSR count). The Morgan fingerprint density at radius 3 is 2.75 bits per heavy atom. The molecule has 0 aromatic heterocycles. The number of carbonyl (C=O) groups is 1. The molecule has 0 saturated carbocycles. The summed E-state index contributed by atoms with van der Waals surface area (Å²) in [5, 5.41) is 5.49. The van der Waals surface area contributed by atoms with Crippen LogP contribution in [-0.2, 0) is 0 Å². The van der Waals surface area contributed by atoms with Crippen LogP contribution in [0.1, 0.15) is 10.4 Å². The summed E-state index contributed by atoms with van der Waals surface area (Å²) in [6, 6.07) is 4.28. The van der Waals surface area contributed by atoms with E-state index >= 15 is 0 Å². The van der Waals surface area contributed by atoms with Crippen molar-refractivity contribution < 1.29 is 9.18 Å². The second kappa shape index (κ2) is 7.60. The van der Waals surface area contributed by atoms with Crippen molar-refractivity contribution in [3.63, 3.8) is 0 Å². The predicted molar refractivity (Wildman–Crippen MR) is 67.6 cm³/mol. The van der Waals surface area contributed by atoms with Gasteiger partial charge in [-0.1, -0.05) is 15.9 Å². The van der Waals surface area contributed by atoms with Gasteiger partial charge in [-0.15, -0.1) is 12.4 Å². The number of rotatable bonds is 4. The Labute approximate surface area is 108 Å². The van der Waals surface area contributed by atoms with Crippen LogP contribution in [0, 0.1) is 5.82 Å². The van der Waals surface area contributed by atoms with Gasteiger partial charge < -0.3 is 10.6 Å². The van der Waals surface area contributed by atoms with E-state index in [1.54, 1.807) is 13.1 Å². The van der Waals surface area contributed by atoms with Crippen LogP contribution >= 0.6 is 28.3 Å². The van der Waals surface area contributed by atoms with Crippen molar-refractivity contribution in [3.8, 4) is 0 Å². The molecule has 0 unspecified atom stereocenters. The Morgan fingerprint density at radius 1 is 1.44 bits per heavy atom. The second-order valence-corrected chi connectivity index (χ2v) is 3.90. The van der Waals surface area contributed by atoms with Gasteiger partial charge in [0.25, 0.3) is 5.91 Å². The van der Waals surface area contributed by atoms with Gasteiger partial charge in [0.05, 0.1) is 5.56 Å². The van der Waals surface area contributed by atoms with Crippen molar-refractivity contribution >= 4 is 34.2 Å². The minimum atomic E-state index is -0.514. The van der Waals surface area contributed by atoms with Crippen molar-refractivity contribution in [2.75, 3.05) is 20.1 Å². The molecular weight excluding hydrogens is 298 g/mol. The summed E-state index contributed by atoms with van der Waals surface area (Å²) in [5.41, 5.74) is 0.0560. The molecule has 0 aliphatic heterocycles. The molecule has 0 radical (unpaired) electrons. The highest BCUT2D eigenvalue weighted by atomic mass is 79.9. The number of amides is 1. The summed E-state index contributed by atoms with van der Waals surface area (Å²) in [6.45, 7) is 1.13. The SMILES string of the molecule is CNCCNC(=O)c1cc(Br)ccc1F.Cl. The summed E-state index contributed by atoms with van der Waals surface area (Å²) in [6.07, 6.45) is 0. The lowest BCUT2D eigenvalue weighted by Gasteiger charge is -2.05. The molecule has 0 spiro atoms. The molecule has 0 atom stereocenters. The third-order valence-electron chi connectivity index (χ3n) is 1.83. The average Bonchev–Trinajstić information content (AvgIpc) is 2.22. The standard InChI is InChI=1S/C10H12BrFN2O.ClH/c1-13-4-5-14-10(15)8-6-7(11)2-3-9(8)12;/h2-3,6,13H,4-5H2,1H3,(H,14,15);1H. The molecule has 0 aliphatic rings. The van der Waals surface area contributed by atoms with Gasteiger partial charge in [0.1, 0.15) is 5.82 Å². The molecule has 0 fully saturated rings. The summed E-state index contributed by atoms with van der Waals surface area (Å²) < 4.78 is 13.9. The molecule has 0 saturated heterocycles. The first-order valence-electron chi connectivity index (χ1n) is 4.53. The minimum absolute atomic E-state index is 0. The quantitative estimate of drug-likeness (QED) is 0.835. The molecule has 1 aromatic carbocycles. The van der Waals surface area contributed by atoms with Crippen LogP contribution in [0.15, 0.2) is 22.7 Å². The van der Waals surface area contributed by atoms with Gasteiger partial charge in [0, 0.05) is 17.6 Å². The number of likely N-dealkylation sites (N-methyl/N-ethyl adjacent to an activating group) is 1. The van der Waals surface area contributed by atoms with Gasteiger partial charge in [-0.2, -0.15) is 0 Å². The first-order chi connectivity index (χ1) is 7.15. The average molecular weight is 312 g/mol. The Bertz CT molecular complexity index is 363. The molecular formula is C10H13BrClFN2O. The molecule has 16 heavy (non-hydrogen) atoms. The number of carbonyl (C=O) groups excluding carboxylic acids is 1. The van der Waals surface area contributed by atoms with Crippen LogP contribution in [0.25, 0.3) is 0 Å². The fourth-order valence-corrected chi connectivity index (χ4v) is 1.43. The highest BCUT2D eigenvalue weighted by Gasteiger charge is 2.10. The maximum atomic E-state index is 13.2. The predicted octanol–water partition coefficient (Wildman–Crippen LogP) is 1.96. The fourth-order valence-electron chi connectivity index (χ4n) is 1.07. The Kier molecular flexibility index (Phi) is 7.29. The van der Waals surface area contributed by atoms with Crippen LogP contribution in [0.5, 0.6) is 0 Å². The van der Waals surface area contributed by atoms with Gasteiger partial charge in [-0.25, -0.2) is 4.39 Å². The molecule has 6 heteroatoms. The van der Waals surface area contributed by atoms with Gasteiger partial charge in [0.2, 0.25) is 0 Å². The molecule has 0 heterocycles. The van der Waals surface area contributed by atoms with E-state index in [2.05, 4.69) is 26.6 Å². The summed E-state index contributed by atoms with van der Waals surface area (Å²) in [5.74, 6) is -0.913. The number of halogens is 3. The van der Waals surface area contributed by atoms with E-state index in [4.69, 9.17) is 0 Å². The molecule has 0 bridgehead atoms. The lowest BCUT2D eigenvalue weighted by molar-refractivity contribution is 0.0950. The Hall–Kier alpha value is -0.650. The number of benzene rings is 1. The van der Waals surface area contributed by atoms with Crippen LogP contribution in [0.2, 0.25) is 0 Å². The molecule has 0 aliphatic carbocycles. The van der Waals surface area contributed by atoms with Crippen molar-refractivity contribution in [2.45, 2.75) is 0 Å². The zero-order valence-corrected chi connectivity index (χ0v) is 11.1. The van der Waals surface area contributed by atoms with E-state index < -0.39 is 11.7 Å². The third kappa shape index (κ3) is 4.47. The molecule has 90 valence electrons. The molecule has 2 N–H and O–H groups in total. The first-order valence-corrected chi connectivity index (χ1v) is 5.32. The summed E-state index contributed by atoms with van der Waals surface area (Å²) in [4.78, 5) is 11.5. The third-order valence-corrected chi connectivity index (χ3v) is 2.33. The highest BCUT2D eigenvalue weighted by molar-refractivity contribution is 9.10. The number of hydrogen-bond acceptors (Lipinski definition) is 2. The summed E-state index contributed by atoms with van der Waals surface area (Å²) >= 11 is 3.19. The fraction of sp³-hybridized carbons (Fsp3) is 0.300. The van der Waals surface area contributed by atoms with Crippen LogP contribution in [0.3, 0.4) is 0 Å². The normalized spacial score (nSPS) is 9.44. The van der Waals surface area contributed by atoms with Crippen LogP contribution in [0.4, 0.5) is 4.39 Å². The van der Waals surface area contributed by atoms with Gasteiger partial charge >= 0.3 is 0 Å². The number of hydrogen-bond donors (Lipinski definition) is 2. The maximum Gasteiger partial charge on any atom is 0.254 e. The van der Waals surface area contributed by atoms with E-state index in [9.17, 15) is 9.18 Å². The van der Waals surface area contributed by atoms with E-state index in [-0.39, 0.29) is 18.0 Å². The van der Waals surface area contributed by atoms with Gasteiger partial charge in [-0.3, -0.25) is 4.79 Å². The van der Waals surface area contributed by atoms with Crippen molar-refractivity contribution in [1.82, 2.24) is 10.6 Å². The van der Waals surface area contributed by atoms with Gasteiger partial charge in [-0.05, 0) is 25.2 Å². The molecule has 3 nitrogen and oxygen atoms in total. The monoisotopic (exact) mass is 310 g/mol. The summed E-state index contributed by atoms with van der Waals surface area (Å²) in [7, 11) is 1.78. The molecule has 1 amide bonds. The van der Waals surface area contributed by atoms with Crippen LogP contribution < -0.4 is 10.6 Å². The number of nitrogens with one attached hydrogen (secondary N) is 2. The van der Waals surface area contributed by atoms with E-state index in [1.807, 2.05) is 0 Å². The topological polar surface area (TPSA) is 41.1 Å². The van der Waals surface area contributed by atoms with Crippen molar-refractivity contribution in [1.29, 1.82) is 0 Å². The van der Waals surface area contributed by atoms with E-state index in [0.717, 1.165) is 0 Å². The Balaban J connectivity index is 0.00000225. The zero-order valence-electron chi connectivity index (χ0n) is 8.72. The van der Waals surface area contributed by atoms with Crippen LogP contribution in [-0.4, -0.2) is 26.0 Å². The van der Waals surface area contributed by atoms with Gasteiger partial charge in [0.15, 0.2) is 0 Å². The first kappa shape index (κ1) is 15.3. The zero-order chi connectivity index (χ0) is 11.3. The van der Waals surface area contributed by atoms with Crippen molar-refractivity contribution in [2.24, 2.45) is 0 Å². The highest BCUT2D eigenvalue weighted by Crippen LogP contribution is 2.15. The second-order valence-electron chi connectivity index (χ2n) is 2.98. The smallest absolute Gasteiger partial charge is 0.254 e. The molecule has 1 aromatic rings. The van der Waals surface area contributed by atoms with E-state index in [1.165, 1.54) is 12.1 Å². The lowest BCUT2D eigenvalue weighted by atomic mass is 10.2. The minimum Gasteiger partial charge on any atom is -0.351 e. The lowest BCUT2D eigenvalue weighted by Crippen LogP contribution is -2.30. The Morgan fingerprint density at radius 2 is 2.12 bits per heavy atom. The van der Waals surface area contributed by atoms with E-state index in [0.29, 0.717) is 17.6 Å². The van der Waals surface area contributed by atoms with Crippen molar-refractivity contribution in [3.05, 3.63) is 34.1 Å².